The first-order valence-electron chi connectivity index (χ1n) is 7.67. The minimum Gasteiger partial charge on any atom is -0.351 e. The van der Waals surface area contributed by atoms with Crippen molar-refractivity contribution in [2.24, 2.45) is 0 Å². The monoisotopic (exact) mass is 355 g/mol. The van der Waals surface area contributed by atoms with Gasteiger partial charge in [0.15, 0.2) is 0 Å². The standard InChI is InChI=1S/C18H14ClN3OS/c19-13-3-1-11(2-4-13)14-7-10-21-17(23)15-16(14)24-18(22-15)12-5-8-20-9-6-12/h1-6,8-9,14H,7,10H2,(H,21,23). The quantitative estimate of drug-likeness (QED) is 0.752. The Morgan fingerprint density at radius 2 is 1.88 bits per heavy atom. The molecular formula is C18H14ClN3OS. The van der Waals surface area contributed by atoms with Crippen LogP contribution in [0.2, 0.25) is 5.02 Å². The number of aromatic nitrogens is 2. The zero-order chi connectivity index (χ0) is 16.5. The number of hydrogen-bond donors (Lipinski definition) is 1. The van der Waals surface area contributed by atoms with Crippen molar-refractivity contribution in [3.8, 4) is 10.6 Å². The maximum Gasteiger partial charge on any atom is 0.271 e. The first-order chi connectivity index (χ1) is 11.7. The molecule has 1 aromatic carbocycles. The Hall–Kier alpha value is -2.24. The van der Waals surface area contributed by atoms with Crippen LogP contribution in [0.3, 0.4) is 0 Å². The van der Waals surface area contributed by atoms with Crippen LogP contribution in [0, 0.1) is 0 Å². The van der Waals surface area contributed by atoms with Gasteiger partial charge in [-0.25, -0.2) is 4.98 Å². The lowest BCUT2D eigenvalue weighted by Crippen LogP contribution is -2.23. The van der Waals surface area contributed by atoms with Crippen molar-refractivity contribution in [3.63, 3.8) is 0 Å². The Kier molecular flexibility index (Phi) is 4.04. The second kappa shape index (κ2) is 6.34. The first-order valence-corrected chi connectivity index (χ1v) is 8.86. The highest BCUT2D eigenvalue weighted by Crippen LogP contribution is 2.39. The van der Waals surface area contributed by atoms with Crippen molar-refractivity contribution in [3.05, 3.63) is 69.9 Å². The summed E-state index contributed by atoms with van der Waals surface area (Å²) in [5.41, 5.74) is 2.66. The van der Waals surface area contributed by atoms with E-state index in [1.54, 1.807) is 23.7 Å². The van der Waals surface area contributed by atoms with Crippen LogP contribution in [0.25, 0.3) is 10.6 Å². The van der Waals surface area contributed by atoms with Gasteiger partial charge in [-0.15, -0.1) is 11.3 Å². The van der Waals surface area contributed by atoms with E-state index in [0.717, 1.165) is 27.4 Å². The molecule has 0 spiro atoms. The van der Waals surface area contributed by atoms with Crippen molar-refractivity contribution in [2.45, 2.75) is 12.3 Å². The fourth-order valence-electron chi connectivity index (χ4n) is 2.91. The lowest BCUT2D eigenvalue weighted by molar-refractivity contribution is 0.0952. The normalized spacial score (nSPS) is 17.0. The molecule has 1 aliphatic rings. The molecule has 1 atom stereocenters. The molecule has 0 fully saturated rings. The van der Waals surface area contributed by atoms with Crippen molar-refractivity contribution < 1.29 is 4.79 Å². The lowest BCUT2D eigenvalue weighted by Gasteiger charge is -2.14. The van der Waals surface area contributed by atoms with Crippen LogP contribution in [0.15, 0.2) is 48.8 Å². The van der Waals surface area contributed by atoms with Gasteiger partial charge < -0.3 is 5.32 Å². The zero-order valence-electron chi connectivity index (χ0n) is 12.7. The number of benzene rings is 1. The van der Waals surface area contributed by atoms with Crippen LogP contribution in [0.5, 0.6) is 0 Å². The number of halogens is 1. The third-order valence-corrected chi connectivity index (χ3v) is 5.57. The number of hydrogen-bond acceptors (Lipinski definition) is 4. The molecule has 120 valence electrons. The molecule has 1 unspecified atom stereocenters. The maximum absolute atomic E-state index is 12.4. The molecule has 3 aromatic rings. The first kappa shape index (κ1) is 15.3. The number of thiazole rings is 1. The number of carbonyl (C=O) groups is 1. The average molecular weight is 356 g/mol. The molecule has 3 heterocycles. The van der Waals surface area contributed by atoms with E-state index in [2.05, 4.69) is 15.3 Å². The minimum atomic E-state index is -0.0991. The van der Waals surface area contributed by atoms with E-state index in [4.69, 9.17) is 11.6 Å². The van der Waals surface area contributed by atoms with Gasteiger partial charge in [-0.1, -0.05) is 23.7 Å². The second-order valence-corrected chi connectivity index (χ2v) is 7.08. The maximum atomic E-state index is 12.4. The summed E-state index contributed by atoms with van der Waals surface area (Å²) in [6, 6.07) is 11.7. The van der Waals surface area contributed by atoms with Crippen molar-refractivity contribution in [1.29, 1.82) is 0 Å². The SMILES string of the molecule is O=C1NCCC(c2ccc(Cl)cc2)c2sc(-c3ccncc3)nc21. The van der Waals surface area contributed by atoms with E-state index < -0.39 is 0 Å². The van der Waals surface area contributed by atoms with Gasteiger partial charge in [-0.3, -0.25) is 9.78 Å². The van der Waals surface area contributed by atoms with Gasteiger partial charge in [0.2, 0.25) is 0 Å². The Morgan fingerprint density at radius 1 is 1.12 bits per heavy atom. The number of fused-ring (bicyclic) bond motifs is 1. The van der Waals surface area contributed by atoms with Crippen LogP contribution in [-0.4, -0.2) is 22.4 Å². The molecule has 1 N–H and O–H groups in total. The average Bonchev–Trinajstić information content (AvgIpc) is 2.99. The summed E-state index contributed by atoms with van der Waals surface area (Å²) in [6.45, 7) is 0.639. The summed E-state index contributed by atoms with van der Waals surface area (Å²) in [5.74, 6) is 0.0438. The molecule has 0 saturated carbocycles. The van der Waals surface area contributed by atoms with Crippen LogP contribution < -0.4 is 5.32 Å². The molecule has 2 aromatic heterocycles. The Labute approximate surface area is 148 Å². The predicted octanol–water partition coefficient (Wildman–Crippen LogP) is 4.12. The third kappa shape index (κ3) is 2.81. The molecular weight excluding hydrogens is 342 g/mol. The molecule has 24 heavy (non-hydrogen) atoms. The van der Waals surface area contributed by atoms with E-state index >= 15 is 0 Å². The predicted molar refractivity (Wildman–Crippen MR) is 95.6 cm³/mol. The van der Waals surface area contributed by atoms with Crippen molar-refractivity contribution >= 4 is 28.8 Å². The molecule has 6 heteroatoms. The van der Waals surface area contributed by atoms with Crippen LogP contribution >= 0.6 is 22.9 Å². The number of nitrogens with zero attached hydrogens (tertiary/aromatic N) is 2. The van der Waals surface area contributed by atoms with Gasteiger partial charge >= 0.3 is 0 Å². The van der Waals surface area contributed by atoms with Gasteiger partial charge in [0.1, 0.15) is 10.7 Å². The van der Waals surface area contributed by atoms with E-state index in [1.165, 1.54) is 0 Å². The summed E-state index contributed by atoms with van der Waals surface area (Å²) in [7, 11) is 0. The summed E-state index contributed by atoms with van der Waals surface area (Å²) in [6.07, 6.45) is 4.32. The largest absolute Gasteiger partial charge is 0.351 e. The number of pyridine rings is 1. The smallest absolute Gasteiger partial charge is 0.271 e. The Morgan fingerprint density at radius 3 is 2.62 bits per heavy atom. The van der Waals surface area contributed by atoms with Crippen LogP contribution in [0.4, 0.5) is 0 Å². The minimum absolute atomic E-state index is 0.0991. The second-order valence-electron chi connectivity index (χ2n) is 5.62. The van der Waals surface area contributed by atoms with E-state index in [9.17, 15) is 4.79 Å². The third-order valence-electron chi connectivity index (χ3n) is 4.10. The molecule has 0 saturated heterocycles. The van der Waals surface area contributed by atoms with Crippen LogP contribution in [0.1, 0.15) is 33.3 Å². The summed E-state index contributed by atoms with van der Waals surface area (Å²) in [5, 5.41) is 4.50. The molecule has 1 amide bonds. The molecule has 1 aliphatic heterocycles. The van der Waals surface area contributed by atoms with Crippen molar-refractivity contribution in [1.82, 2.24) is 15.3 Å². The van der Waals surface area contributed by atoms with Gasteiger partial charge in [0.25, 0.3) is 5.91 Å². The van der Waals surface area contributed by atoms with Gasteiger partial charge in [0.05, 0.1) is 0 Å². The van der Waals surface area contributed by atoms with E-state index in [1.807, 2.05) is 36.4 Å². The summed E-state index contributed by atoms with van der Waals surface area (Å²) >= 11 is 7.59. The van der Waals surface area contributed by atoms with Crippen molar-refractivity contribution in [2.75, 3.05) is 6.54 Å². The Balaban J connectivity index is 1.82. The molecule has 4 rings (SSSR count). The zero-order valence-corrected chi connectivity index (χ0v) is 14.3. The topological polar surface area (TPSA) is 54.9 Å². The highest BCUT2D eigenvalue weighted by Gasteiger charge is 2.29. The van der Waals surface area contributed by atoms with Gasteiger partial charge in [0, 0.05) is 40.3 Å². The Bertz CT molecular complexity index is 877. The van der Waals surface area contributed by atoms with E-state index in [0.29, 0.717) is 17.3 Å². The van der Waals surface area contributed by atoms with Gasteiger partial charge in [-0.05, 0) is 36.2 Å². The number of rotatable bonds is 2. The fraction of sp³-hybridized carbons (Fsp3) is 0.167. The van der Waals surface area contributed by atoms with E-state index in [-0.39, 0.29) is 11.8 Å². The number of carbonyl (C=O) groups excluding carboxylic acids is 1. The highest BCUT2D eigenvalue weighted by atomic mass is 35.5. The lowest BCUT2D eigenvalue weighted by atomic mass is 9.94. The number of nitrogens with one attached hydrogen (secondary N) is 1. The molecule has 0 aliphatic carbocycles. The van der Waals surface area contributed by atoms with Crippen LogP contribution in [-0.2, 0) is 0 Å². The molecule has 0 radical (unpaired) electrons. The molecule has 0 bridgehead atoms. The van der Waals surface area contributed by atoms with Gasteiger partial charge in [-0.2, -0.15) is 0 Å². The summed E-state index contributed by atoms with van der Waals surface area (Å²) in [4.78, 5) is 22.0. The fourth-order valence-corrected chi connectivity index (χ4v) is 4.26. The number of amides is 1. The summed E-state index contributed by atoms with van der Waals surface area (Å²) < 4.78 is 0. The highest BCUT2D eigenvalue weighted by molar-refractivity contribution is 7.15. The molecule has 4 nitrogen and oxygen atoms in total.